The summed E-state index contributed by atoms with van der Waals surface area (Å²) < 4.78 is 0. The van der Waals surface area contributed by atoms with Crippen LogP contribution in [0.5, 0.6) is 0 Å². The van der Waals surface area contributed by atoms with Crippen molar-refractivity contribution in [3.63, 3.8) is 0 Å². The molecule has 0 radical (unpaired) electrons. The molecule has 0 aliphatic carbocycles. The van der Waals surface area contributed by atoms with Gasteiger partial charge in [0.25, 0.3) is 0 Å². The van der Waals surface area contributed by atoms with Gasteiger partial charge in [0.05, 0.1) is 18.4 Å². The topological polar surface area (TPSA) is 124 Å². The number of carbonyl (C=O) groups excluding carboxylic acids is 2. The number of hydrogen-bond donors (Lipinski definition) is 4. The second-order valence-corrected chi connectivity index (χ2v) is 3.95. The number of imidazole rings is 1. The van der Waals surface area contributed by atoms with Gasteiger partial charge in [0.2, 0.25) is 11.8 Å². The van der Waals surface area contributed by atoms with E-state index in [0.29, 0.717) is 13.0 Å². The summed E-state index contributed by atoms with van der Waals surface area (Å²) in [6.07, 6.45) is 3.30. The number of carbonyl (C=O) groups is 3. The Kier molecular flexibility index (Phi) is 5.52. The van der Waals surface area contributed by atoms with Crippen molar-refractivity contribution in [3.8, 4) is 0 Å². The van der Waals surface area contributed by atoms with Crippen molar-refractivity contribution in [2.45, 2.75) is 25.8 Å². The first-order chi connectivity index (χ1) is 8.99. The van der Waals surface area contributed by atoms with E-state index in [0.717, 1.165) is 5.69 Å². The SMILES string of the molecule is CC(=O)NC(CC(=O)O)C(=O)NCCc1c[nH]cn1. The molecule has 0 aliphatic rings. The minimum Gasteiger partial charge on any atom is -0.481 e. The standard InChI is InChI=1S/C11H16N4O4/c1-7(16)15-9(4-10(17)18)11(19)13-3-2-8-5-12-6-14-8/h5-6,9H,2-4H2,1H3,(H,12,14)(H,13,19)(H,15,16)(H,17,18). The van der Waals surface area contributed by atoms with Crippen molar-refractivity contribution in [2.75, 3.05) is 6.54 Å². The summed E-state index contributed by atoms with van der Waals surface area (Å²) in [4.78, 5) is 40.0. The molecule has 1 atom stereocenters. The van der Waals surface area contributed by atoms with Crippen LogP contribution in [0.1, 0.15) is 19.0 Å². The van der Waals surface area contributed by atoms with E-state index in [4.69, 9.17) is 5.11 Å². The van der Waals surface area contributed by atoms with E-state index in [2.05, 4.69) is 20.6 Å². The molecule has 1 aromatic heterocycles. The molecular weight excluding hydrogens is 252 g/mol. The minimum atomic E-state index is -1.15. The number of aromatic amines is 1. The number of carboxylic acid groups (broad SMARTS) is 1. The molecule has 0 aliphatic heterocycles. The second-order valence-electron chi connectivity index (χ2n) is 3.95. The molecule has 0 bridgehead atoms. The van der Waals surface area contributed by atoms with Crippen molar-refractivity contribution >= 4 is 17.8 Å². The van der Waals surface area contributed by atoms with E-state index in [-0.39, 0.29) is 0 Å². The Hall–Kier alpha value is -2.38. The van der Waals surface area contributed by atoms with Gasteiger partial charge in [-0.1, -0.05) is 0 Å². The highest BCUT2D eigenvalue weighted by atomic mass is 16.4. The molecule has 1 heterocycles. The van der Waals surface area contributed by atoms with Crippen molar-refractivity contribution < 1.29 is 19.5 Å². The number of nitrogens with zero attached hydrogens (tertiary/aromatic N) is 1. The Morgan fingerprint density at radius 3 is 2.74 bits per heavy atom. The van der Waals surface area contributed by atoms with Crippen LogP contribution >= 0.6 is 0 Å². The zero-order valence-corrected chi connectivity index (χ0v) is 10.5. The average Bonchev–Trinajstić information content (AvgIpc) is 2.79. The van der Waals surface area contributed by atoms with Crippen LogP contribution in [0, 0.1) is 0 Å². The van der Waals surface area contributed by atoms with Crippen LogP contribution in [0.25, 0.3) is 0 Å². The summed E-state index contributed by atoms with van der Waals surface area (Å²) in [5, 5.41) is 13.5. The molecule has 0 fully saturated rings. The number of rotatable bonds is 7. The number of nitrogens with one attached hydrogen (secondary N) is 3. The lowest BCUT2D eigenvalue weighted by atomic mass is 10.2. The number of H-pyrrole nitrogens is 1. The molecule has 0 aromatic carbocycles. The molecule has 0 saturated heterocycles. The zero-order chi connectivity index (χ0) is 14.3. The summed E-state index contributed by atoms with van der Waals surface area (Å²) in [6.45, 7) is 1.55. The van der Waals surface area contributed by atoms with E-state index in [9.17, 15) is 14.4 Å². The molecule has 19 heavy (non-hydrogen) atoms. The summed E-state index contributed by atoms with van der Waals surface area (Å²) in [5.41, 5.74) is 0.787. The van der Waals surface area contributed by atoms with E-state index in [1.807, 2.05) is 0 Å². The predicted octanol–water partition coefficient (Wildman–Crippen LogP) is -0.952. The van der Waals surface area contributed by atoms with E-state index in [1.165, 1.54) is 13.3 Å². The smallest absolute Gasteiger partial charge is 0.305 e. The van der Waals surface area contributed by atoms with Crippen molar-refractivity contribution in [2.24, 2.45) is 0 Å². The Labute approximate surface area is 109 Å². The molecule has 1 aromatic rings. The number of amides is 2. The lowest BCUT2D eigenvalue weighted by Gasteiger charge is -2.15. The van der Waals surface area contributed by atoms with Gasteiger partial charge in [-0.05, 0) is 0 Å². The van der Waals surface area contributed by atoms with Crippen molar-refractivity contribution in [1.29, 1.82) is 0 Å². The monoisotopic (exact) mass is 268 g/mol. The van der Waals surface area contributed by atoms with Gasteiger partial charge in [-0.2, -0.15) is 0 Å². The summed E-state index contributed by atoms with van der Waals surface area (Å²) in [6, 6.07) is -1.06. The largest absolute Gasteiger partial charge is 0.481 e. The fraction of sp³-hybridized carbons (Fsp3) is 0.455. The molecule has 1 rings (SSSR count). The maximum Gasteiger partial charge on any atom is 0.305 e. The van der Waals surface area contributed by atoms with Gasteiger partial charge in [-0.3, -0.25) is 14.4 Å². The van der Waals surface area contributed by atoms with Gasteiger partial charge in [0.15, 0.2) is 0 Å². The van der Waals surface area contributed by atoms with Gasteiger partial charge < -0.3 is 20.7 Å². The molecular formula is C11H16N4O4. The fourth-order valence-corrected chi connectivity index (χ4v) is 1.49. The van der Waals surface area contributed by atoms with Crippen LogP contribution < -0.4 is 10.6 Å². The van der Waals surface area contributed by atoms with Gasteiger partial charge in [0, 0.05) is 26.1 Å². The van der Waals surface area contributed by atoms with Crippen LogP contribution in [0.3, 0.4) is 0 Å². The number of hydrogen-bond acceptors (Lipinski definition) is 4. The Morgan fingerprint density at radius 1 is 1.47 bits per heavy atom. The number of aromatic nitrogens is 2. The van der Waals surface area contributed by atoms with Crippen LogP contribution in [0.15, 0.2) is 12.5 Å². The molecule has 8 heteroatoms. The maximum absolute atomic E-state index is 11.7. The predicted molar refractivity (Wildman–Crippen MR) is 65.2 cm³/mol. The highest BCUT2D eigenvalue weighted by Crippen LogP contribution is 1.95. The van der Waals surface area contributed by atoms with Gasteiger partial charge in [-0.25, -0.2) is 4.98 Å². The third-order valence-corrected chi connectivity index (χ3v) is 2.31. The van der Waals surface area contributed by atoms with E-state index in [1.54, 1.807) is 6.20 Å². The first-order valence-corrected chi connectivity index (χ1v) is 5.73. The highest BCUT2D eigenvalue weighted by molar-refractivity contribution is 5.90. The molecule has 0 saturated carbocycles. The first-order valence-electron chi connectivity index (χ1n) is 5.73. The van der Waals surface area contributed by atoms with Crippen LogP contribution in [-0.2, 0) is 20.8 Å². The average molecular weight is 268 g/mol. The van der Waals surface area contributed by atoms with E-state index >= 15 is 0 Å². The lowest BCUT2D eigenvalue weighted by molar-refractivity contribution is -0.140. The van der Waals surface area contributed by atoms with Crippen LogP contribution in [-0.4, -0.2) is 45.4 Å². The maximum atomic E-state index is 11.7. The molecule has 4 N–H and O–H groups in total. The molecule has 0 spiro atoms. The number of carboxylic acids is 1. The van der Waals surface area contributed by atoms with E-state index < -0.39 is 30.2 Å². The third kappa shape index (κ3) is 5.66. The van der Waals surface area contributed by atoms with Crippen molar-refractivity contribution in [1.82, 2.24) is 20.6 Å². The summed E-state index contributed by atoms with van der Waals surface area (Å²) >= 11 is 0. The second kappa shape index (κ2) is 7.14. The Bertz CT molecular complexity index is 428. The molecule has 2 amide bonds. The Morgan fingerprint density at radius 2 is 2.21 bits per heavy atom. The quantitative estimate of drug-likeness (QED) is 0.507. The van der Waals surface area contributed by atoms with Gasteiger partial charge in [0.1, 0.15) is 6.04 Å². The third-order valence-electron chi connectivity index (χ3n) is 2.31. The summed E-state index contributed by atoms with van der Waals surface area (Å²) in [7, 11) is 0. The zero-order valence-electron chi connectivity index (χ0n) is 10.5. The van der Waals surface area contributed by atoms with Crippen LogP contribution in [0.2, 0.25) is 0 Å². The normalized spacial score (nSPS) is 11.6. The van der Waals surface area contributed by atoms with Crippen molar-refractivity contribution in [3.05, 3.63) is 18.2 Å². The van der Waals surface area contributed by atoms with Gasteiger partial charge >= 0.3 is 5.97 Å². The molecule has 1 unspecified atom stereocenters. The minimum absolute atomic E-state index is 0.319. The first kappa shape index (κ1) is 14.7. The Balaban J connectivity index is 2.42. The summed E-state index contributed by atoms with van der Waals surface area (Å²) in [5.74, 6) is -2.12. The lowest BCUT2D eigenvalue weighted by Crippen LogP contribution is -2.47. The van der Waals surface area contributed by atoms with Crippen LogP contribution in [0.4, 0.5) is 0 Å². The highest BCUT2D eigenvalue weighted by Gasteiger charge is 2.22. The number of aliphatic carboxylic acids is 1. The fourth-order valence-electron chi connectivity index (χ4n) is 1.49. The van der Waals surface area contributed by atoms with Gasteiger partial charge in [-0.15, -0.1) is 0 Å². The molecule has 8 nitrogen and oxygen atoms in total. The molecule has 104 valence electrons.